The number of hydrogen-bond donors (Lipinski definition) is 6. The number of nitrogens with two attached hydrogens (primary N) is 1. The summed E-state index contributed by atoms with van der Waals surface area (Å²) < 4.78 is 5.93. The summed E-state index contributed by atoms with van der Waals surface area (Å²) in [5.74, 6) is -2.73. The maximum Gasteiger partial charge on any atom is 0.287 e. The van der Waals surface area contributed by atoms with Crippen molar-refractivity contribution in [3.05, 3.63) is 15.1 Å². The van der Waals surface area contributed by atoms with Crippen LogP contribution in [-0.4, -0.2) is 64.9 Å². The van der Waals surface area contributed by atoms with E-state index >= 15 is 0 Å². The molecular formula is C10H12BrN5O6. The molecule has 0 aromatic carbocycles. The first-order chi connectivity index (χ1) is 10.3. The van der Waals surface area contributed by atoms with Crippen molar-refractivity contribution in [3.8, 4) is 0 Å². The van der Waals surface area contributed by atoms with E-state index in [0.717, 1.165) is 4.57 Å². The summed E-state index contributed by atoms with van der Waals surface area (Å²) in [6.07, 6.45) is -4.61. The first-order valence-corrected chi connectivity index (χ1v) is 6.90. The van der Waals surface area contributed by atoms with E-state index in [1.54, 1.807) is 0 Å². The Morgan fingerprint density at radius 2 is 2.14 bits per heavy atom. The number of ether oxygens (including phenoxy) is 1. The zero-order chi connectivity index (χ0) is 16.2. The number of rotatable bonds is 2. The molecule has 0 saturated carbocycles. The van der Waals surface area contributed by atoms with Crippen molar-refractivity contribution in [2.75, 3.05) is 12.3 Å². The van der Waals surface area contributed by atoms with Gasteiger partial charge >= 0.3 is 0 Å². The SMILES string of the molecule is Nc1nc2c(nc(Br)n2[C@]2(O)O[C@H](CO)[C@@H](O)[C@H]2O)c(=O)[nH]1. The fourth-order valence-corrected chi connectivity index (χ4v) is 2.96. The van der Waals surface area contributed by atoms with E-state index in [-0.39, 0.29) is 21.8 Å². The maximum atomic E-state index is 11.8. The first kappa shape index (κ1) is 15.3. The minimum atomic E-state index is -2.49. The molecule has 3 heterocycles. The Hall–Kier alpha value is -1.57. The summed E-state index contributed by atoms with van der Waals surface area (Å²) in [5.41, 5.74) is 4.48. The van der Waals surface area contributed by atoms with E-state index in [0.29, 0.717) is 0 Å². The zero-order valence-corrected chi connectivity index (χ0v) is 12.4. The van der Waals surface area contributed by atoms with Gasteiger partial charge in [0.1, 0.15) is 12.2 Å². The van der Waals surface area contributed by atoms with Crippen molar-refractivity contribution >= 4 is 33.0 Å². The van der Waals surface area contributed by atoms with E-state index in [1.165, 1.54) is 0 Å². The van der Waals surface area contributed by atoms with Gasteiger partial charge in [0.15, 0.2) is 22.0 Å². The molecule has 1 aliphatic heterocycles. The molecule has 4 atom stereocenters. The fraction of sp³-hybridized carbons (Fsp3) is 0.500. The predicted molar refractivity (Wildman–Crippen MR) is 74.4 cm³/mol. The normalized spacial score (nSPS) is 32.0. The molecule has 0 amide bonds. The highest BCUT2D eigenvalue weighted by atomic mass is 79.9. The van der Waals surface area contributed by atoms with Gasteiger partial charge in [-0.2, -0.15) is 4.98 Å². The van der Waals surface area contributed by atoms with Crippen molar-refractivity contribution in [3.63, 3.8) is 0 Å². The summed E-state index contributed by atoms with van der Waals surface area (Å²) in [4.78, 5) is 21.8. The molecule has 2 aromatic heterocycles. The summed E-state index contributed by atoms with van der Waals surface area (Å²) in [6, 6.07) is 0. The number of aliphatic hydroxyl groups is 4. The summed E-state index contributed by atoms with van der Waals surface area (Å²) in [7, 11) is 0. The van der Waals surface area contributed by atoms with Crippen LogP contribution in [0.5, 0.6) is 0 Å². The molecule has 0 spiro atoms. The highest BCUT2D eigenvalue weighted by Gasteiger charge is 2.56. The van der Waals surface area contributed by atoms with Crippen LogP contribution in [0.25, 0.3) is 11.2 Å². The number of hydrogen-bond acceptors (Lipinski definition) is 9. The number of H-pyrrole nitrogens is 1. The lowest BCUT2D eigenvalue weighted by Crippen LogP contribution is -2.45. The summed E-state index contributed by atoms with van der Waals surface area (Å²) in [6.45, 7) is -0.638. The monoisotopic (exact) mass is 377 g/mol. The Morgan fingerprint density at radius 1 is 1.45 bits per heavy atom. The quantitative estimate of drug-likeness (QED) is 0.301. The maximum absolute atomic E-state index is 11.8. The third-order valence-corrected chi connectivity index (χ3v) is 3.94. The second-order valence-electron chi connectivity index (χ2n) is 4.77. The molecule has 7 N–H and O–H groups in total. The molecule has 1 fully saturated rings. The Bertz CT molecular complexity index is 792. The molecule has 0 unspecified atom stereocenters. The number of anilines is 1. The minimum absolute atomic E-state index is 0.0848. The van der Waals surface area contributed by atoms with Crippen LogP contribution in [0.3, 0.4) is 0 Å². The number of aromatic amines is 1. The van der Waals surface area contributed by atoms with E-state index in [2.05, 4.69) is 30.9 Å². The van der Waals surface area contributed by atoms with Crippen LogP contribution >= 0.6 is 15.9 Å². The number of aromatic nitrogens is 4. The van der Waals surface area contributed by atoms with Gasteiger partial charge in [-0.1, -0.05) is 0 Å². The smallest absolute Gasteiger partial charge is 0.287 e. The molecule has 22 heavy (non-hydrogen) atoms. The number of fused-ring (bicyclic) bond motifs is 1. The number of nitrogens with one attached hydrogen (secondary N) is 1. The van der Waals surface area contributed by atoms with Gasteiger partial charge in [0.25, 0.3) is 11.5 Å². The third kappa shape index (κ3) is 1.96. The van der Waals surface area contributed by atoms with Crippen LogP contribution in [0.1, 0.15) is 0 Å². The van der Waals surface area contributed by atoms with Crippen molar-refractivity contribution in [2.24, 2.45) is 0 Å². The lowest BCUT2D eigenvalue weighted by atomic mass is 10.1. The molecular weight excluding hydrogens is 366 g/mol. The van der Waals surface area contributed by atoms with E-state index in [1.807, 2.05) is 0 Å². The van der Waals surface area contributed by atoms with E-state index in [9.17, 15) is 20.1 Å². The molecule has 0 radical (unpaired) electrons. The first-order valence-electron chi connectivity index (χ1n) is 6.11. The van der Waals surface area contributed by atoms with Gasteiger partial charge in [-0.15, -0.1) is 0 Å². The van der Waals surface area contributed by atoms with Gasteiger partial charge in [-0.25, -0.2) is 9.55 Å². The van der Waals surface area contributed by atoms with Gasteiger partial charge in [0.2, 0.25) is 5.95 Å². The molecule has 11 nitrogen and oxygen atoms in total. The van der Waals surface area contributed by atoms with Gasteiger partial charge in [0, 0.05) is 0 Å². The van der Waals surface area contributed by atoms with Crippen LogP contribution in [-0.2, 0) is 10.6 Å². The Morgan fingerprint density at radius 3 is 2.73 bits per heavy atom. The largest absolute Gasteiger partial charge is 0.394 e. The van der Waals surface area contributed by atoms with Crippen LogP contribution in [0.2, 0.25) is 0 Å². The van der Waals surface area contributed by atoms with Crippen molar-refractivity contribution in [2.45, 2.75) is 24.2 Å². The molecule has 0 bridgehead atoms. The van der Waals surface area contributed by atoms with Gasteiger partial charge in [-0.05, 0) is 15.9 Å². The van der Waals surface area contributed by atoms with Crippen molar-refractivity contribution < 1.29 is 25.2 Å². The predicted octanol–water partition coefficient (Wildman–Crippen LogP) is -2.82. The van der Waals surface area contributed by atoms with Crippen LogP contribution in [0, 0.1) is 0 Å². The topological polar surface area (TPSA) is 180 Å². The molecule has 1 saturated heterocycles. The number of halogens is 1. The zero-order valence-electron chi connectivity index (χ0n) is 10.8. The lowest BCUT2D eigenvalue weighted by Gasteiger charge is -2.27. The van der Waals surface area contributed by atoms with E-state index < -0.39 is 36.4 Å². The lowest BCUT2D eigenvalue weighted by molar-refractivity contribution is -0.288. The Kier molecular flexibility index (Phi) is 3.47. The van der Waals surface area contributed by atoms with Crippen molar-refractivity contribution in [1.29, 1.82) is 0 Å². The standard InChI is InChI=1S/C10H12BrN5O6/c11-8-13-3-6(14-9(12)15-7(3)20)16(8)10(21)5(19)4(18)2(1-17)22-10/h2,4-5,17-19,21H,1H2,(H3,12,14,15,20)/t2-,4-,5-,10-/m1/s1. The summed E-state index contributed by atoms with van der Waals surface area (Å²) >= 11 is 3.03. The van der Waals surface area contributed by atoms with Gasteiger partial charge < -0.3 is 30.9 Å². The van der Waals surface area contributed by atoms with Crippen LogP contribution < -0.4 is 11.3 Å². The fourth-order valence-electron chi connectivity index (χ4n) is 2.36. The molecule has 120 valence electrons. The number of nitrogens with zero attached hydrogens (tertiary/aromatic N) is 3. The Labute approximate surface area is 130 Å². The number of nitrogen functional groups attached to an aromatic ring is 1. The van der Waals surface area contributed by atoms with Crippen LogP contribution in [0.4, 0.5) is 5.95 Å². The molecule has 3 rings (SSSR count). The molecule has 0 aliphatic carbocycles. The molecule has 2 aromatic rings. The highest BCUT2D eigenvalue weighted by Crippen LogP contribution is 2.37. The highest BCUT2D eigenvalue weighted by molar-refractivity contribution is 9.10. The number of aliphatic hydroxyl groups excluding tert-OH is 3. The number of imidazole rings is 1. The average Bonchev–Trinajstić information content (AvgIpc) is 2.89. The van der Waals surface area contributed by atoms with Crippen LogP contribution in [0.15, 0.2) is 9.53 Å². The third-order valence-electron chi connectivity index (χ3n) is 3.41. The van der Waals surface area contributed by atoms with E-state index in [4.69, 9.17) is 15.6 Å². The van der Waals surface area contributed by atoms with Gasteiger partial charge in [0.05, 0.1) is 6.61 Å². The second kappa shape index (κ2) is 4.97. The van der Waals surface area contributed by atoms with Crippen molar-refractivity contribution in [1.82, 2.24) is 19.5 Å². The second-order valence-corrected chi connectivity index (χ2v) is 5.48. The summed E-state index contributed by atoms with van der Waals surface area (Å²) in [5, 5.41) is 39.6. The Balaban J connectivity index is 2.26. The minimum Gasteiger partial charge on any atom is -0.394 e. The molecule has 12 heteroatoms. The molecule has 1 aliphatic rings. The average molecular weight is 378 g/mol. The van der Waals surface area contributed by atoms with Gasteiger partial charge in [-0.3, -0.25) is 9.78 Å².